The Labute approximate surface area is 127 Å². The summed E-state index contributed by atoms with van der Waals surface area (Å²) in [6.07, 6.45) is 1.59. The topological polar surface area (TPSA) is 45.2 Å². The van der Waals surface area contributed by atoms with E-state index in [2.05, 4.69) is 26.2 Å². The maximum atomic E-state index is 12.3. The van der Waals surface area contributed by atoms with E-state index in [0.29, 0.717) is 12.1 Å². The Morgan fingerprint density at radius 1 is 1.25 bits per heavy atom. The van der Waals surface area contributed by atoms with Crippen LogP contribution in [0.2, 0.25) is 0 Å². The number of carbonyl (C=O) groups is 1. The van der Waals surface area contributed by atoms with E-state index in [-0.39, 0.29) is 5.91 Å². The molecule has 4 nitrogen and oxygen atoms in total. The SMILES string of the molecule is CNc1ccc(C(=O)N(C)Cc2ccc(Br)cc2)cn1. The average Bonchev–Trinajstić information content (AvgIpc) is 2.49. The number of benzene rings is 1. The first-order valence-electron chi connectivity index (χ1n) is 6.24. The molecule has 0 aliphatic carbocycles. The van der Waals surface area contributed by atoms with Crippen LogP contribution in [0.4, 0.5) is 5.82 Å². The van der Waals surface area contributed by atoms with Crippen molar-refractivity contribution in [2.75, 3.05) is 19.4 Å². The number of anilines is 1. The molecule has 0 radical (unpaired) electrons. The molecular formula is C15H16BrN3O. The summed E-state index contributed by atoms with van der Waals surface area (Å²) in [5.41, 5.74) is 1.67. The highest BCUT2D eigenvalue weighted by Crippen LogP contribution is 2.13. The fourth-order valence-electron chi connectivity index (χ4n) is 1.82. The maximum absolute atomic E-state index is 12.3. The van der Waals surface area contributed by atoms with E-state index in [0.717, 1.165) is 15.9 Å². The lowest BCUT2D eigenvalue weighted by atomic mass is 10.2. The molecule has 0 saturated heterocycles. The van der Waals surface area contributed by atoms with Gasteiger partial charge in [0.25, 0.3) is 5.91 Å². The lowest BCUT2D eigenvalue weighted by Gasteiger charge is -2.17. The average molecular weight is 334 g/mol. The van der Waals surface area contributed by atoms with Crippen molar-refractivity contribution in [2.24, 2.45) is 0 Å². The second-order valence-electron chi connectivity index (χ2n) is 4.47. The molecule has 2 rings (SSSR count). The number of pyridine rings is 1. The van der Waals surface area contributed by atoms with E-state index in [4.69, 9.17) is 0 Å². The molecule has 0 bridgehead atoms. The zero-order valence-electron chi connectivity index (χ0n) is 11.4. The lowest BCUT2D eigenvalue weighted by molar-refractivity contribution is 0.0784. The summed E-state index contributed by atoms with van der Waals surface area (Å²) in [7, 11) is 3.58. The molecule has 0 unspecified atom stereocenters. The Morgan fingerprint density at radius 3 is 2.50 bits per heavy atom. The number of carbonyl (C=O) groups excluding carboxylic acids is 1. The Balaban J connectivity index is 2.05. The minimum atomic E-state index is -0.0388. The largest absolute Gasteiger partial charge is 0.373 e. The summed E-state index contributed by atoms with van der Waals surface area (Å²) >= 11 is 3.40. The number of amides is 1. The summed E-state index contributed by atoms with van der Waals surface area (Å²) in [5.74, 6) is 0.709. The van der Waals surface area contributed by atoms with Gasteiger partial charge in [-0.2, -0.15) is 0 Å². The molecule has 1 heterocycles. The van der Waals surface area contributed by atoms with Crippen LogP contribution in [0.15, 0.2) is 47.1 Å². The Morgan fingerprint density at radius 2 is 1.95 bits per heavy atom. The molecule has 0 aliphatic rings. The fraction of sp³-hybridized carbons (Fsp3) is 0.200. The number of hydrogen-bond acceptors (Lipinski definition) is 3. The van der Waals surface area contributed by atoms with Crippen LogP contribution >= 0.6 is 15.9 Å². The molecule has 20 heavy (non-hydrogen) atoms. The van der Waals surface area contributed by atoms with Crippen LogP contribution in [0.3, 0.4) is 0 Å². The monoisotopic (exact) mass is 333 g/mol. The molecular weight excluding hydrogens is 318 g/mol. The van der Waals surface area contributed by atoms with Gasteiger partial charge < -0.3 is 10.2 Å². The Hall–Kier alpha value is -1.88. The summed E-state index contributed by atoms with van der Waals surface area (Å²) in [4.78, 5) is 18.1. The molecule has 1 aromatic heterocycles. The molecule has 0 fully saturated rings. The molecule has 0 spiro atoms. The summed E-state index contributed by atoms with van der Waals surface area (Å²) < 4.78 is 1.03. The smallest absolute Gasteiger partial charge is 0.255 e. The number of halogens is 1. The van der Waals surface area contributed by atoms with E-state index in [1.165, 1.54) is 0 Å². The molecule has 0 atom stereocenters. The van der Waals surface area contributed by atoms with E-state index in [9.17, 15) is 4.79 Å². The van der Waals surface area contributed by atoms with E-state index in [1.807, 2.05) is 24.3 Å². The Kier molecular flexibility index (Phi) is 4.74. The van der Waals surface area contributed by atoms with Crippen molar-refractivity contribution in [3.05, 3.63) is 58.2 Å². The molecule has 104 valence electrons. The summed E-state index contributed by atoms with van der Waals surface area (Å²) in [6.45, 7) is 0.569. The minimum Gasteiger partial charge on any atom is -0.373 e. The van der Waals surface area contributed by atoms with E-state index in [1.54, 1.807) is 37.3 Å². The number of nitrogens with zero attached hydrogens (tertiary/aromatic N) is 2. The van der Waals surface area contributed by atoms with Crippen LogP contribution in [0.5, 0.6) is 0 Å². The zero-order valence-corrected chi connectivity index (χ0v) is 13.0. The van der Waals surface area contributed by atoms with E-state index < -0.39 is 0 Å². The molecule has 0 saturated carbocycles. The van der Waals surface area contributed by atoms with Gasteiger partial charge in [-0.3, -0.25) is 4.79 Å². The van der Waals surface area contributed by atoms with Crippen molar-refractivity contribution in [1.82, 2.24) is 9.88 Å². The fourth-order valence-corrected chi connectivity index (χ4v) is 2.09. The van der Waals surface area contributed by atoms with Gasteiger partial charge in [-0.25, -0.2) is 4.98 Å². The van der Waals surface area contributed by atoms with Crippen molar-refractivity contribution in [1.29, 1.82) is 0 Å². The molecule has 2 aromatic rings. The Bertz CT molecular complexity index is 581. The van der Waals surface area contributed by atoms with Crippen molar-refractivity contribution >= 4 is 27.7 Å². The number of rotatable bonds is 4. The van der Waals surface area contributed by atoms with Crippen molar-refractivity contribution in [3.8, 4) is 0 Å². The van der Waals surface area contributed by atoms with E-state index >= 15 is 0 Å². The first-order chi connectivity index (χ1) is 9.60. The van der Waals surface area contributed by atoms with Gasteiger partial charge in [0.1, 0.15) is 5.82 Å². The summed E-state index contributed by atoms with van der Waals surface area (Å²) in [5, 5.41) is 2.93. The first-order valence-corrected chi connectivity index (χ1v) is 7.03. The highest BCUT2D eigenvalue weighted by atomic mass is 79.9. The van der Waals surface area contributed by atoms with Crippen molar-refractivity contribution in [2.45, 2.75) is 6.54 Å². The third-order valence-corrected chi connectivity index (χ3v) is 3.47. The second-order valence-corrected chi connectivity index (χ2v) is 5.39. The number of aromatic nitrogens is 1. The van der Waals surface area contributed by atoms with Crippen LogP contribution in [-0.2, 0) is 6.54 Å². The number of nitrogens with one attached hydrogen (secondary N) is 1. The summed E-state index contributed by atoms with van der Waals surface area (Å²) in [6, 6.07) is 11.5. The van der Waals surface area contributed by atoms with Crippen LogP contribution < -0.4 is 5.32 Å². The standard InChI is InChI=1S/C15H16BrN3O/c1-17-14-8-5-12(9-18-14)15(20)19(2)10-11-3-6-13(16)7-4-11/h3-9H,10H2,1-2H3,(H,17,18). The molecule has 1 N–H and O–H groups in total. The second kappa shape index (κ2) is 6.52. The van der Waals surface area contributed by atoms with Crippen LogP contribution in [-0.4, -0.2) is 29.9 Å². The van der Waals surface area contributed by atoms with Gasteiger partial charge in [-0.15, -0.1) is 0 Å². The molecule has 5 heteroatoms. The predicted molar refractivity (Wildman–Crippen MR) is 83.7 cm³/mol. The van der Waals surface area contributed by atoms with Gasteiger partial charge in [0, 0.05) is 31.3 Å². The minimum absolute atomic E-state index is 0.0388. The quantitative estimate of drug-likeness (QED) is 0.934. The zero-order chi connectivity index (χ0) is 14.5. The van der Waals surface area contributed by atoms with Crippen molar-refractivity contribution < 1.29 is 4.79 Å². The van der Waals surface area contributed by atoms with Crippen molar-refractivity contribution in [3.63, 3.8) is 0 Å². The van der Waals surface area contributed by atoms with Gasteiger partial charge in [-0.05, 0) is 29.8 Å². The predicted octanol–water partition coefficient (Wildman–Crippen LogP) is 3.16. The van der Waals surface area contributed by atoms with Crippen LogP contribution in [0, 0.1) is 0 Å². The third-order valence-electron chi connectivity index (χ3n) is 2.95. The normalized spacial score (nSPS) is 10.2. The molecule has 1 amide bonds. The third kappa shape index (κ3) is 3.57. The van der Waals surface area contributed by atoms with Gasteiger partial charge in [0.2, 0.25) is 0 Å². The maximum Gasteiger partial charge on any atom is 0.255 e. The van der Waals surface area contributed by atoms with Crippen LogP contribution in [0.25, 0.3) is 0 Å². The lowest BCUT2D eigenvalue weighted by Crippen LogP contribution is -2.26. The highest BCUT2D eigenvalue weighted by Gasteiger charge is 2.12. The van der Waals surface area contributed by atoms with Crippen LogP contribution in [0.1, 0.15) is 15.9 Å². The van der Waals surface area contributed by atoms with Gasteiger partial charge in [0.05, 0.1) is 5.56 Å². The molecule has 1 aromatic carbocycles. The van der Waals surface area contributed by atoms with Gasteiger partial charge >= 0.3 is 0 Å². The highest BCUT2D eigenvalue weighted by molar-refractivity contribution is 9.10. The first kappa shape index (κ1) is 14.5. The van der Waals surface area contributed by atoms with Gasteiger partial charge in [-0.1, -0.05) is 28.1 Å². The molecule has 0 aliphatic heterocycles. The number of hydrogen-bond donors (Lipinski definition) is 1. The van der Waals surface area contributed by atoms with Gasteiger partial charge in [0.15, 0.2) is 0 Å².